The maximum absolute atomic E-state index is 5.79. The van der Waals surface area contributed by atoms with Gasteiger partial charge in [-0.3, -0.25) is 0 Å². The van der Waals surface area contributed by atoms with Gasteiger partial charge in [-0.05, 0) is 30.2 Å². The maximum atomic E-state index is 5.79. The largest absolute Gasteiger partial charge is 0.440 e. The van der Waals surface area contributed by atoms with Crippen LogP contribution in [0.3, 0.4) is 0 Å². The van der Waals surface area contributed by atoms with Crippen LogP contribution in [0.2, 0.25) is 5.22 Å². The Labute approximate surface area is 97.6 Å². The first-order valence-electron chi connectivity index (χ1n) is 5.03. The minimum absolute atomic E-state index is 0.0469. The standard InChI is InChI=1S/C10H12ClN3O2/c1-2-6(12)5-9-13-10(16-14-9)7-3-4-8(11)15-7/h3-4,6H,2,5,12H2,1H3. The van der Waals surface area contributed by atoms with E-state index in [4.69, 9.17) is 26.3 Å². The van der Waals surface area contributed by atoms with Gasteiger partial charge in [0.2, 0.25) is 0 Å². The summed E-state index contributed by atoms with van der Waals surface area (Å²) in [5, 5.41) is 4.11. The van der Waals surface area contributed by atoms with E-state index in [1.165, 1.54) is 0 Å². The molecule has 0 radical (unpaired) electrons. The van der Waals surface area contributed by atoms with Crippen molar-refractivity contribution in [2.24, 2.45) is 5.73 Å². The molecule has 2 rings (SSSR count). The number of nitrogens with zero attached hydrogens (tertiary/aromatic N) is 2. The SMILES string of the molecule is CCC(N)Cc1noc(-c2ccc(Cl)o2)n1. The number of hydrogen-bond donors (Lipinski definition) is 1. The predicted molar refractivity (Wildman–Crippen MR) is 59.0 cm³/mol. The van der Waals surface area contributed by atoms with Crippen LogP contribution in [0.25, 0.3) is 11.7 Å². The normalized spacial score (nSPS) is 12.9. The first kappa shape index (κ1) is 11.2. The summed E-state index contributed by atoms with van der Waals surface area (Å²) in [6.45, 7) is 2.01. The molecule has 0 saturated carbocycles. The Bertz CT molecular complexity index is 466. The number of furan rings is 1. The Balaban J connectivity index is 2.13. The van der Waals surface area contributed by atoms with Gasteiger partial charge in [-0.25, -0.2) is 0 Å². The number of hydrogen-bond acceptors (Lipinski definition) is 5. The van der Waals surface area contributed by atoms with Crippen molar-refractivity contribution in [1.29, 1.82) is 0 Å². The zero-order chi connectivity index (χ0) is 11.5. The van der Waals surface area contributed by atoms with Gasteiger partial charge in [-0.15, -0.1) is 0 Å². The van der Waals surface area contributed by atoms with E-state index >= 15 is 0 Å². The van der Waals surface area contributed by atoms with Crippen molar-refractivity contribution in [2.75, 3.05) is 0 Å². The van der Waals surface area contributed by atoms with Crippen LogP contribution in [0.1, 0.15) is 19.2 Å². The van der Waals surface area contributed by atoms with Crippen LogP contribution >= 0.6 is 11.6 Å². The monoisotopic (exact) mass is 241 g/mol. The molecule has 2 heterocycles. The third-order valence-corrected chi connectivity index (χ3v) is 2.42. The van der Waals surface area contributed by atoms with Gasteiger partial charge in [0.15, 0.2) is 16.8 Å². The van der Waals surface area contributed by atoms with E-state index in [1.807, 2.05) is 6.92 Å². The number of halogens is 1. The minimum Gasteiger partial charge on any atom is -0.440 e. The number of aromatic nitrogens is 2. The zero-order valence-corrected chi connectivity index (χ0v) is 9.57. The van der Waals surface area contributed by atoms with Gasteiger partial charge in [-0.1, -0.05) is 12.1 Å². The molecule has 0 amide bonds. The Morgan fingerprint density at radius 3 is 2.94 bits per heavy atom. The molecule has 0 fully saturated rings. The summed E-state index contributed by atoms with van der Waals surface area (Å²) in [6, 6.07) is 3.35. The fourth-order valence-corrected chi connectivity index (χ4v) is 1.39. The summed E-state index contributed by atoms with van der Waals surface area (Å²) in [4.78, 5) is 4.17. The molecule has 0 aliphatic rings. The van der Waals surface area contributed by atoms with Gasteiger partial charge in [0.1, 0.15) is 0 Å². The predicted octanol–water partition coefficient (Wildman–Crippen LogP) is 2.26. The van der Waals surface area contributed by atoms with Crippen molar-refractivity contribution in [1.82, 2.24) is 10.1 Å². The Morgan fingerprint density at radius 1 is 1.50 bits per heavy atom. The quantitative estimate of drug-likeness (QED) is 0.888. The van der Waals surface area contributed by atoms with E-state index in [9.17, 15) is 0 Å². The van der Waals surface area contributed by atoms with Crippen molar-refractivity contribution >= 4 is 11.6 Å². The summed E-state index contributed by atoms with van der Waals surface area (Å²) >= 11 is 5.65. The highest BCUT2D eigenvalue weighted by Gasteiger charge is 2.13. The molecule has 2 N–H and O–H groups in total. The second kappa shape index (κ2) is 4.67. The number of rotatable bonds is 4. The summed E-state index contributed by atoms with van der Waals surface area (Å²) in [5.41, 5.74) is 5.79. The molecule has 1 atom stereocenters. The van der Waals surface area contributed by atoms with Crippen molar-refractivity contribution in [3.63, 3.8) is 0 Å². The van der Waals surface area contributed by atoms with E-state index in [1.54, 1.807) is 12.1 Å². The van der Waals surface area contributed by atoms with E-state index in [2.05, 4.69) is 10.1 Å². The number of nitrogens with two attached hydrogens (primary N) is 1. The van der Waals surface area contributed by atoms with Gasteiger partial charge >= 0.3 is 0 Å². The highest BCUT2D eigenvalue weighted by atomic mass is 35.5. The van der Waals surface area contributed by atoms with Crippen LogP contribution in [-0.2, 0) is 6.42 Å². The zero-order valence-electron chi connectivity index (χ0n) is 8.81. The van der Waals surface area contributed by atoms with Crippen molar-refractivity contribution in [3.8, 4) is 11.7 Å². The lowest BCUT2D eigenvalue weighted by molar-refractivity contribution is 0.406. The van der Waals surface area contributed by atoms with Crippen LogP contribution in [0.5, 0.6) is 0 Å². The first-order chi connectivity index (χ1) is 7.69. The average Bonchev–Trinajstić information content (AvgIpc) is 2.87. The Hall–Kier alpha value is -1.33. The Morgan fingerprint density at radius 2 is 2.31 bits per heavy atom. The second-order valence-corrected chi connectivity index (χ2v) is 3.86. The van der Waals surface area contributed by atoms with E-state index < -0.39 is 0 Å². The summed E-state index contributed by atoms with van der Waals surface area (Å²) in [5.74, 6) is 1.37. The maximum Gasteiger partial charge on any atom is 0.293 e. The molecule has 0 bridgehead atoms. The lowest BCUT2D eigenvalue weighted by atomic mass is 10.2. The lowest BCUT2D eigenvalue weighted by Crippen LogP contribution is -2.21. The molecule has 2 aromatic heterocycles. The summed E-state index contributed by atoms with van der Waals surface area (Å²) < 4.78 is 10.2. The highest BCUT2D eigenvalue weighted by Crippen LogP contribution is 2.23. The van der Waals surface area contributed by atoms with E-state index in [0.29, 0.717) is 29.1 Å². The highest BCUT2D eigenvalue weighted by molar-refractivity contribution is 6.28. The van der Waals surface area contributed by atoms with Crippen LogP contribution in [-0.4, -0.2) is 16.2 Å². The molecular weight excluding hydrogens is 230 g/mol. The molecule has 16 heavy (non-hydrogen) atoms. The molecule has 0 spiro atoms. The van der Waals surface area contributed by atoms with Crippen molar-refractivity contribution in [3.05, 3.63) is 23.2 Å². The molecule has 0 aromatic carbocycles. The summed E-state index contributed by atoms with van der Waals surface area (Å²) in [7, 11) is 0. The van der Waals surface area contributed by atoms with E-state index in [0.717, 1.165) is 6.42 Å². The first-order valence-corrected chi connectivity index (χ1v) is 5.40. The third kappa shape index (κ3) is 2.43. The van der Waals surface area contributed by atoms with Crippen LogP contribution < -0.4 is 5.73 Å². The molecule has 6 heteroatoms. The fourth-order valence-electron chi connectivity index (χ4n) is 1.25. The topological polar surface area (TPSA) is 78.1 Å². The molecule has 2 aromatic rings. The second-order valence-electron chi connectivity index (χ2n) is 3.49. The average molecular weight is 242 g/mol. The summed E-state index contributed by atoms with van der Waals surface area (Å²) in [6.07, 6.45) is 1.46. The van der Waals surface area contributed by atoms with Gasteiger partial charge in [-0.2, -0.15) is 4.98 Å². The smallest absolute Gasteiger partial charge is 0.293 e. The van der Waals surface area contributed by atoms with Gasteiger partial charge < -0.3 is 14.7 Å². The van der Waals surface area contributed by atoms with E-state index in [-0.39, 0.29) is 6.04 Å². The minimum atomic E-state index is 0.0469. The molecule has 5 nitrogen and oxygen atoms in total. The third-order valence-electron chi connectivity index (χ3n) is 2.22. The van der Waals surface area contributed by atoms with Crippen LogP contribution in [0.4, 0.5) is 0 Å². The fraction of sp³-hybridized carbons (Fsp3) is 0.400. The van der Waals surface area contributed by atoms with Crippen molar-refractivity contribution < 1.29 is 8.94 Å². The molecule has 1 unspecified atom stereocenters. The lowest BCUT2D eigenvalue weighted by Gasteiger charge is -2.02. The van der Waals surface area contributed by atoms with Gasteiger partial charge in [0.25, 0.3) is 5.89 Å². The van der Waals surface area contributed by atoms with Crippen molar-refractivity contribution in [2.45, 2.75) is 25.8 Å². The molecular formula is C10H12ClN3O2. The molecule has 0 saturated heterocycles. The van der Waals surface area contributed by atoms with Crippen LogP contribution in [0, 0.1) is 0 Å². The molecule has 86 valence electrons. The van der Waals surface area contributed by atoms with Gasteiger partial charge in [0.05, 0.1) is 0 Å². The van der Waals surface area contributed by atoms with Crippen LogP contribution in [0.15, 0.2) is 21.1 Å². The molecule has 0 aliphatic heterocycles. The van der Waals surface area contributed by atoms with Gasteiger partial charge in [0, 0.05) is 12.5 Å². The molecule has 0 aliphatic carbocycles. The Kier molecular flexibility index (Phi) is 3.26.